The molecule has 0 aromatic carbocycles. The van der Waals surface area contributed by atoms with Crippen molar-refractivity contribution >= 4 is 17.2 Å². The van der Waals surface area contributed by atoms with E-state index in [4.69, 9.17) is 0 Å². The second-order valence-electron chi connectivity index (χ2n) is 4.29. The van der Waals surface area contributed by atoms with E-state index >= 15 is 0 Å². The second kappa shape index (κ2) is 6.12. The van der Waals surface area contributed by atoms with E-state index in [1.165, 1.54) is 0 Å². The minimum Gasteiger partial charge on any atom is -0.340 e. The highest BCUT2D eigenvalue weighted by Crippen LogP contribution is 2.08. The first-order chi connectivity index (χ1) is 8.29. The summed E-state index contributed by atoms with van der Waals surface area (Å²) in [7, 11) is 0. The minimum absolute atomic E-state index is 0.272. The van der Waals surface area contributed by atoms with E-state index in [1.807, 2.05) is 15.8 Å². The Morgan fingerprint density at radius 3 is 2.76 bits per heavy atom. The molecular weight excluding hydrogens is 234 g/mol. The number of hydrogen-bond donors (Lipinski definition) is 0. The van der Waals surface area contributed by atoms with Crippen molar-refractivity contribution in [1.29, 1.82) is 0 Å². The van der Waals surface area contributed by atoms with Crippen LogP contribution in [0.25, 0.3) is 0 Å². The van der Waals surface area contributed by atoms with Crippen molar-refractivity contribution in [2.45, 2.75) is 19.8 Å². The van der Waals surface area contributed by atoms with E-state index in [9.17, 15) is 4.79 Å². The third-order valence-corrected chi connectivity index (χ3v) is 3.89. The lowest BCUT2D eigenvalue weighted by Crippen LogP contribution is -2.48. The average molecular weight is 253 g/mol. The maximum absolute atomic E-state index is 12.0. The zero-order valence-electron chi connectivity index (χ0n) is 10.3. The number of thiazole rings is 1. The van der Waals surface area contributed by atoms with Gasteiger partial charge in [0.25, 0.3) is 0 Å². The van der Waals surface area contributed by atoms with Crippen molar-refractivity contribution in [3.63, 3.8) is 0 Å². The Labute approximate surface area is 106 Å². The molecule has 1 aliphatic rings. The van der Waals surface area contributed by atoms with E-state index in [-0.39, 0.29) is 5.91 Å². The molecule has 0 unspecified atom stereocenters. The highest BCUT2D eigenvalue weighted by molar-refractivity contribution is 7.07. The van der Waals surface area contributed by atoms with Crippen LogP contribution in [0.1, 0.15) is 19.0 Å². The van der Waals surface area contributed by atoms with Crippen molar-refractivity contribution in [2.75, 3.05) is 32.7 Å². The summed E-state index contributed by atoms with van der Waals surface area (Å²) in [4.78, 5) is 20.5. The normalized spacial score (nSPS) is 17.4. The summed E-state index contributed by atoms with van der Waals surface area (Å²) in [5.41, 5.74) is 2.86. The van der Waals surface area contributed by atoms with Gasteiger partial charge in [-0.2, -0.15) is 0 Å². The summed E-state index contributed by atoms with van der Waals surface area (Å²) >= 11 is 1.59. The summed E-state index contributed by atoms with van der Waals surface area (Å²) < 4.78 is 0. The zero-order valence-corrected chi connectivity index (χ0v) is 11.1. The first-order valence-electron chi connectivity index (χ1n) is 6.16. The lowest BCUT2D eigenvalue weighted by atomic mass is 10.2. The molecule has 1 aromatic rings. The van der Waals surface area contributed by atoms with Crippen LogP contribution in [0.2, 0.25) is 0 Å². The topological polar surface area (TPSA) is 36.4 Å². The minimum atomic E-state index is 0.272. The molecule has 1 amide bonds. The average Bonchev–Trinajstić information content (AvgIpc) is 2.89. The van der Waals surface area contributed by atoms with Gasteiger partial charge in [-0.25, -0.2) is 4.98 Å². The van der Waals surface area contributed by atoms with Gasteiger partial charge in [0, 0.05) is 38.0 Å². The van der Waals surface area contributed by atoms with E-state index in [0.29, 0.717) is 6.42 Å². The van der Waals surface area contributed by atoms with Gasteiger partial charge in [0.2, 0.25) is 5.91 Å². The molecule has 5 heteroatoms. The van der Waals surface area contributed by atoms with Gasteiger partial charge in [0.1, 0.15) is 0 Å². The molecule has 0 bridgehead atoms. The van der Waals surface area contributed by atoms with Crippen LogP contribution in [0.15, 0.2) is 10.9 Å². The third kappa shape index (κ3) is 3.51. The summed E-state index contributed by atoms with van der Waals surface area (Å²) in [5, 5.41) is 2.02. The van der Waals surface area contributed by atoms with Crippen LogP contribution in [0.4, 0.5) is 0 Å². The number of piperazine rings is 1. The lowest BCUT2D eigenvalue weighted by molar-refractivity contribution is -0.132. The van der Waals surface area contributed by atoms with Crippen LogP contribution in [-0.4, -0.2) is 53.4 Å². The molecule has 0 saturated carbocycles. The Bertz CT molecular complexity index is 345. The quantitative estimate of drug-likeness (QED) is 0.810. The summed E-state index contributed by atoms with van der Waals surface area (Å²) in [6.45, 7) is 7.03. The van der Waals surface area contributed by atoms with Gasteiger partial charge in [-0.3, -0.25) is 4.79 Å². The molecule has 1 aromatic heterocycles. The third-order valence-electron chi connectivity index (χ3n) is 3.25. The van der Waals surface area contributed by atoms with Gasteiger partial charge in [-0.05, 0) is 13.0 Å². The highest BCUT2D eigenvalue weighted by Gasteiger charge is 2.19. The Morgan fingerprint density at radius 2 is 2.18 bits per heavy atom. The van der Waals surface area contributed by atoms with E-state index in [2.05, 4.69) is 16.8 Å². The molecule has 1 fully saturated rings. The molecule has 0 spiro atoms. The number of likely N-dealkylation sites (N-methyl/N-ethyl adjacent to an activating group) is 1. The molecular formula is C12H19N3OS. The number of rotatable bonds is 4. The van der Waals surface area contributed by atoms with Crippen LogP contribution in [0.5, 0.6) is 0 Å². The number of carbonyl (C=O) groups excluding carboxylic acids is 1. The molecule has 0 N–H and O–H groups in total. The van der Waals surface area contributed by atoms with Crippen molar-refractivity contribution in [3.05, 3.63) is 16.6 Å². The Morgan fingerprint density at radius 1 is 1.41 bits per heavy atom. The molecule has 1 aliphatic heterocycles. The molecule has 0 aliphatic carbocycles. The fourth-order valence-corrected chi connectivity index (χ4v) is 2.66. The van der Waals surface area contributed by atoms with Crippen molar-refractivity contribution in [3.8, 4) is 0 Å². The van der Waals surface area contributed by atoms with Gasteiger partial charge in [-0.1, -0.05) is 6.92 Å². The molecule has 94 valence electrons. The number of hydrogen-bond acceptors (Lipinski definition) is 4. The predicted molar refractivity (Wildman–Crippen MR) is 69.1 cm³/mol. The monoisotopic (exact) mass is 253 g/mol. The SMILES string of the molecule is CCN1CCN(C(=O)CCc2cscn2)CC1. The first kappa shape index (κ1) is 12.5. The van der Waals surface area contributed by atoms with Crippen LogP contribution >= 0.6 is 11.3 Å². The fraction of sp³-hybridized carbons (Fsp3) is 0.667. The number of carbonyl (C=O) groups is 1. The highest BCUT2D eigenvalue weighted by atomic mass is 32.1. The summed E-state index contributed by atoms with van der Waals surface area (Å²) in [6.07, 6.45) is 1.37. The number of aryl methyl sites for hydroxylation is 1. The lowest BCUT2D eigenvalue weighted by Gasteiger charge is -2.34. The molecule has 0 radical (unpaired) electrons. The molecule has 2 heterocycles. The molecule has 1 saturated heterocycles. The van der Waals surface area contributed by atoms with Gasteiger partial charge >= 0.3 is 0 Å². The Kier molecular flexibility index (Phi) is 4.50. The van der Waals surface area contributed by atoms with Gasteiger partial charge in [0.05, 0.1) is 11.2 Å². The molecule has 0 atom stereocenters. The predicted octanol–water partition coefficient (Wildman–Crippen LogP) is 1.24. The zero-order chi connectivity index (χ0) is 12.1. The fourth-order valence-electron chi connectivity index (χ4n) is 2.07. The van der Waals surface area contributed by atoms with E-state index < -0.39 is 0 Å². The molecule has 4 nitrogen and oxygen atoms in total. The van der Waals surface area contributed by atoms with Crippen molar-refractivity contribution < 1.29 is 4.79 Å². The number of nitrogens with zero attached hydrogens (tertiary/aromatic N) is 3. The Balaban J connectivity index is 1.73. The summed E-state index contributed by atoms with van der Waals surface area (Å²) in [6, 6.07) is 0. The Hall–Kier alpha value is -0.940. The molecule has 17 heavy (non-hydrogen) atoms. The van der Waals surface area contributed by atoms with Gasteiger partial charge in [0.15, 0.2) is 0 Å². The number of aromatic nitrogens is 1. The van der Waals surface area contributed by atoms with Crippen molar-refractivity contribution in [2.24, 2.45) is 0 Å². The number of amides is 1. The molecule has 2 rings (SSSR count). The summed E-state index contributed by atoms with van der Waals surface area (Å²) in [5.74, 6) is 0.272. The van der Waals surface area contributed by atoms with Crippen LogP contribution in [0.3, 0.4) is 0 Å². The smallest absolute Gasteiger partial charge is 0.223 e. The largest absolute Gasteiger partial charge is 0.340 e. The van der Waals surface area contributed by atoms with Gasteiger partial charge in [-0.15, -0.1) is 11.3 Å². The van der Waals surface area contributed by atoms with Crippen LogP contribution in [-0.2, 0) is 11.2 Å². The standard InChI is InChI=1S/C12H19N3OS/c1-2-14-5-7-15(8-6-14)12(16)4-3-11-9-17-10-13-11/h9-10H,2-8H2,1H3. The maximum Gasteiger partial charge on any atom is 0.223 e. The van der Waals surface area contributed by atoms with Gasteiger partial charge < -0.3 is 9.80 Å². The van der Waals surface area contributed by atoms with E-state index in [1.54, 1.807) is 11.3 Å². The maximum atomic E-state index is 12.0. The van der Waals surface area contributed by atoms with Crippen LogP contribution < -0.4 is 0 Å². The first-order valence-corrected chi connectivity index (χ1v) is 7.11. The van der Waals surface area contributed by atoms with Crippen LogP contribution in [0, 0.1) is 0 Å². The van der Waals surface area contributed by atoms with Crippen molar-refractivity contribution in [1.82, 2.24) is 14.8 Å². The second-order valence-corrected chi connectivity index (χ2v) is 5.01. The van der Waals surface area contributed by atoms with E-state index in [0.717, 1.165) is 44.8 Å².